The molecule has 0 aromatic heterocycles. The van der Waals surface area contributed by atoms with Crippen LogP contribution in [0.15, 0.2) is 188 Å². The van der Waals surface area contributed by atoms with Gasteiger partial charge in [0.15, 0.2) is 0 Å². The van der Waals surface area contributed by atoms with Gasteiger partial charge in [0.1, 0.15) is 49.1 Å². The number of aliphatic carboxylic acids is 2. The predicted molar refractivity (Wildman–Crippen MR) is 332 cm³/mol. The molecule has 8 N–H and O–H groups in total. The zero-order chi connectivity index (χ0) is 63.7. The minimum Gasteiger partial charge on any atom is -0.480 e. The van der Waals surface area contributed by atoms with Crippen molar-refractivity contribution in [3.05, 3.63) is 227 Å². The molecule has 20 nitrogen and oxygen atoms in total. The topological polar surface area (TPSA) is 278 Å². The van der Waals surface area contributed by atoms with Crippen LogP contribution in [0.4, 0.5) is 14.4 Å². The number of hydrogen-bond donors (Lipinski definition) is 8. The van der Waals surface area contributed by atoms with E-state index in [-0.39, 0.29) is 38.2 Å². The van der Waals surface area contributed by atoms with Gasteiger partial charge >= 0.3 is 30.2 Å². The van der Waals surface area contributed by atoms with Gasteiger partial charge in [-0.3, -0.25) is 14.4 Å². The maximum Gasteiger partial charge on any atom is 0.408 e. The Balaban J connectivity index is 0.000000233. The molecule has 3 atom stereocenters. The van der Waals surface area contributed by atoms with Crippen LogP contribution in [-0.2, 0) is 48.5 Å². The lowest BCUT2D eigenvalue weighted by Crippen LogP contribution is -2.55. The molecule has 7 aromatic carbocycles. The van der Waals surface area contributed by atoms with Gasteiger partial charge in [-0.25, -0.2) is 24.0 Å². The fourth-order valence-electron chi connectivity index (χ4n) is 10.5. The van der Waals surface area contributed by atoms with Crippen LogP contribution >= 0.6 is 0 Å². The summed E-state index contributed by atoms with van der Waals surface area (Å²) < 4.78 is 21.8. The largest absolute Gasteiger partial charge is 0.480 e. The van der Waals surface area contributed by atoms with Gasteiger partial charge in [0.25, 0.3) is 0 Å². The summed E-state index contributed by atoms with van der Waals surface area (Å²) in [5.74, 6) is -4.35. The summed E-state index contributed by atoms with van der Waals surface area (Å²) in [5, 5.41) is 31.5. The van der Waals surface area contributed by atoms with Gasteiger partial charge in [-0.2, -0.15) is 5.48 Å². The second kappa shape index (κ2) is 29.7. The van der Waals surface area contributed by atoms with E-state index in [1.54, 1.807) is 41.5 Å². The van der Waals surface area contributed by atoms with Gasteiger partial charge in [0.05, 0.1) is 12.2 Å². The molecule has 464 valence electrons. The van der Waals surface area contributed by atoms with Crippen molar-refractivity contribution in [1.82, 2.24) is 32.1 Å². The molecular formula is C69H74N6O14. The molecule has 20 heteroatoms. The molecule has 2 aliphatic rings. The summed E-state index contributed by atoms with van der Waals surface area (Å²) in [7, 11) is 0. The first kappa shape index (κ1) is 65.1. The van der Waals surface area contributed by atoms with Crippen LogP contribution in [0.5, 0.6) is 0 Å². The summed E-state index contributed by atoms with van der Waals surface area (Å²) in [6.45, 7) is 8.99. The Labute approximate surface area is 516 Å². The monoisotopic (exact) mass is 1210 g/mol. The minimum absolute atomic E-state index is 0.00455. The lowest BCUT2D eigenvalue weighted by Gasteiger charge is -2.36. The van der Waals surface area contributed by atoms with Crippen LogP contribution in [0, 0.1) is 0 Å². The van der Waals surface area contributed by atoms with Crippen molar-refractivity contribution < 1.29 is 67.6 Å². The number of hydrogen-bond acceptors (Lipinski definition) is 13. The molecule has 0 unspecified atom stereocenters. The van der Waals surface area contributed by atoms with E-state index in [0.717, 1.165) is 61.2 Å². The van der Waals surface area contributed by atoms with E-state index in [4.69, 9.17) is 23.8 Å². The molecular weight excluding hydrogens is 1140 g/mol. The van der Waals surface area contributed by atoms with Crippen molar-refractivity contribution in [3.63, 3.8) is 0 Å². The maximum absolute atomic E-state index is 12.9. The lowest BCUT2D eigenvalue weighted by atomic mass is 9.78. The van der Waals surface area contributed by atoms with Crippen LogP contribution in [0.1, 0.15) is 92.3 Å². The number of carboxylic acids is 2. The number of rotatable bonds is 23. The van der Waals surface area contributed by atoms with E-state index in [2.05, 4.69) is 32.1 Å². The average Bonchev–Trinajstić information content (AvgIpc) is 1.82. The lowest BCUT2D eigenvalue weighted by molar-refractivity contribution is -0.140. The fraction of sp³-hybridized carbons (Fsp3) is 0.290. The molecule has 0 bridgehead atoms. The highest BCUT2D eigenvalue weighted by Crippen LogP contribution is 2.46. The molecule has 0 heterocycles. The second-order valence-corrected chi connectivity index (χ2v) is 23.1. The standard InChI is InChI=1S/C39H35N3O6.C30H39N3O8/c43-36(26-48-42-39(27-14-4-1-5-15-27,28-16-6-2-7-17-28)29-18-8-3-9-19-29)40-24-35(37(44)45)41-38(46)47-25-34-32-22-12-10-20-30(32)31-21-11-13-23-33(31)34;1-29(2,3)40-17-24(33-28(38)41-30(4,5)6)25(34)31-15-23(26(35)36)32-27(37)39-16-22-20-13-9-7-11-18(20)19-12-8-10-14-21(19)22/h1-23,34-35,42H,24-26H2,(H,40,43)(H,41,46)(H,44,45);7-14,22-24H,15-17H2,1-6H3,(H,31,34)(H,32,37)(H,33,38)(H,35,36)/t35-;23-,24-/m00/s1. The Bertz CT molecular complexity index is 3410. The highest BCUT2D eigenvalue weighted by atomic mass is 16.6. The summed E-state index contributed by atoms with van der Waals surface area (Å²) in [6, 6.07) is 56.7. The summed E-state index contributed by atoms with van der Waals surface area (Å²) in [4.78, 5) is 93.1. The molecule has 0 fully saturated rings. The number of alkyl carbamates (subject to hydrolysis) is 3. The molecule has 0 aliphatic heterocycles. The second-order valence-electron chi connectivity index (χ2n) is 23.1. The van der Waals surface area contributed by atoms with Crippen molar-refractivity contribution in [2.75, 3.05) is 39.5 Å². The summed E-state index contributed by atoms with van der Waals surface area (Å²) in [6.07, 6.45) is -2.66. The molecule has 5 amide bonds. The van der Waals surface area contributed by atoms with Gasteiger partial charge in [0.2, 0.25) is 11.8 Å². The van der Waals surface area contributed by atoms with E-state index in [1.165, 1.54) is 0 Å². The third-order valence-corrected chi connectivity index (χ3v) is 14.6. The smallest absolute Gasteiger partial charge is 0.408 e. The molecule has 2 aliphatic carbocycles. The third kappa shape index (κ3) is 17.2. The Morgan fingerprint density at radius 3 is 1.15 bits per heavy atom. The van der Waals surface area contributed by atoms with Gasteiger partial charge in [-0.05, 0) is 103 Å². The average molecular weight is 1210 g/mol. The Hall–Kier alpha value is -9.89. The van der Waals surface area contributed by atoms with Crippen molar-refractivity contribution in [3.8, 4) is 22.3 Å². The van der Waals surface area contributed by atoms with E-state index in [9.17, 15) is 43.8 Å². The first-order valence-corrected chi connectivity index (χ1v) is 29.0. The van der Waals surface area contributed by atoms with Gasteiger partial charge in [0, 0.05) is 24.9 Å². The number of amides is 5. The first-order chi connectivity index (χ1) is 42.6. The third-order valence-electron chi connectivity index (χ3n) is 14.6. The van der Waals surface area contributed by atoms with E-state index >= 15 is 0 Å². The molecule has 0 saturated carbocycles. The Kier molecular flexibility index (Phi) is 21.7. The van der Waals surface area contributed by atoms with Crippen molar-refractivity contribution in [1.29, 1.82) is 0 Å². The molecule has 0 saturated heterocycles. The van der Waals surface area contributed by atoms with Crippen molar-refractivity contribution in [2.24, 2.45) is 0 Å². The minimum atomic E-state index is -1.49. The summed E-state index contributed by atoms with van der Waals surface area (Å²) in [5.41, 5.74) is 11.9. The number of carboxylic acid groups (broad SMARTS) is 2. The van der Waals surface area contributed by atoms with E-state index in [1.807, 2.05) is 188 Å². The number of hydroxylamine groups is 1. The van der Waals surface area contributed by atoms with Crippen molar-refractivity contribution >= 4 is 42.0 Å². The van der Waals surface area contributed by atoms with Gasteiger partial charge in [-0.1, -0.05) is 188 Å². The summed E-state index contributed by atoms with van der Waals surface area (Å²) >= 11 is 0. The molecule has 9 rings (SSSR count). The number of carbonyl (C=O) groups is 7. The first-order valence-electron chi connectivity index (χ1n) is 29.0. The van der Waals surface area contributed by atoms with E-state index < -0.39 is 90.1 Å². The predicted octanol–water partition coefficient (Wildman–Crippen LogP) is 9.41. The SMILES string of the molecule is CC(C)(C)OC[C@H](NC(=O)OC(C)(C)C)C(=O)NC[C@H](NC(=O)OCC1c2ccccc2-c2ccccc21)C(=O)O.O=C(CONC(c1ccccc1)(c1ccccc1)c1ccccc1)NC[C@H](NC(=O)OCC1c2ccccc2-c2ccccc21)C(=O)O. The number of benzene rings is 7. The van der Waals surface area contributed by atoms with Crippen LogP contribution in [0.25, 0.3) is 22.3 Å². The zero-order valence-electron chi connectivity index (χ0n) is 50.3. The number of nitrogens with one attached hydrogen (secondary N) is 6. The maximum atomic E-state index is 12.9. The normalized spacial score (nSPS) is 13.4. The van der Waals surface area contributed by atoms with Gasteiger partial charge < -0.3 is 55.7 Å². The zero-order valence-corrected chi connectivity index (χ0v) is 50.3. The quantitative estimate of drug-likeness (QED) is 0.0168. The van der Waals surface area contributed by atoms with Crippen LogP contribution in [0.2, 0.25) is 0 Å². The Morgan fingerprint density at radius 2 is 0.787 bits per heavy atom. The number of ether oxygens (including phenoxy) is 4. The highest BCUT2D eigenvalue weighted by molar-refractivity contribution is 5.88. The molecule has 7 aromatic rings. The Morgan fingerprint density at radius 1 is 0.438 bits per heavy atom. The van der Waals surface area contributed by atoms with E-state index in [0.29, 0.717) is 0 Å². The van der Waals surface area contributed by atoms with Crippen molar-refractivity contribution in [2.45, 2.75) is 88.2 Å². The number of carbonyl (C=O) groups excluding carboxylic acids is 5. The van der Waals surface area contributed by atoms with Crippen LogP contribution in [0.3, 0.4) is 0 Å². The van der Waals surface area contributed by atoms with Crippen LogP contribution in [-0.4, -0.2) is 121 Å². The van der Waals surface area contributed by atoms with Gasteiger partial charge in [-0.15, -0.1) is 0 Å². The number of fused-ring (bicyclic) bond motifs is 6. The van der Waals surface area contributed by atoms with Crippen LogP contribution < -0.4 is 32.1 Å². The fourth-order valence-corrected chi connectivity index (χ4v) is 10.5. The highest BCUT2D eigenvalue weighted by Gasteiger charge is 2.38. The molecule has 0 radical (unpaired) electrons. The molecule has 0 spiro atoms. The molecule has 89 heavy (non-hydrogen) atoms.